The van der Waals surface area contributed by atoms with Crippen LogP contribution in [-0.4, -0.2) is 14.2 Å². The summed E-state index contributed by atoms with van der Waals surface area (Å²) in [5, 5.41) is 0. The van der Waals surface area contributed by atoms with Crippen molar-refractivity contribution in [1.29, 1.82) is 0 Å². The summed E-state index contributed by atoms with van der Waals surface area (Å²) in [6, 6.07) is 3.93. The molecule has 0 spiro atoms. The third-order valence-corrected chi connectivity index (χ3v) is 3.87. The first-order valence-corrected chi connectivity index (χ1v) is 6.17. The summed E-state index contributed by atoms with van der Waals surface area (Å²) in [4.78, 5) is 0.207. The summed E-state index contributed by atoms with van der Waals surface area (Å²) in [6.07, 6.45) is 0.499. The van der Waals surface area contributed by atoms with E-state index in [2.05, 4.69) is 0 Å². The highest BCUT2D eigenvalue weighted by molar-refractivity contribution is 7.91. The normalized spacial score (nSPS) is 11.6. The van der Waals surface area contributed by atoms with Crippen LogP contribution in [0.25, 0.3) is 0 Å². The molecule has 0 aliphatic heterocycles. The molecule has 1 aromatic carbocycles. The SMILES string of the molecule is CCc1cc(S(=O)(=O)CC)ccc1F. The van der Waals surface area contributed by atoms with E-state index in [1.165, 1.54) is 18.2 Å². The van der Waals surface area contributed by atoms with Crippen molar-refractivity contribution in [2.75, 3.05) is 5.75 Å². The van der Waals surface area contributed by atoms with E-state index < -0.39 is 9.84 Å². The Morgan fingerprint density at radius 3 is 2.43 bits per heavy atom. The zero-order valence-corrected chi connectivity index (χ0v) is 9.07. The lowest BCUT2D eigenvalue weighted by Gasteiger charge is -2.04. The molecule has 2 nitrogen and oxygen atoms in total. The molecule has 0 saturated heterocycles. The van der Waals surface area contributed by atoms with Gasteiger partial charge < -0.3 is 0 Å². The van der Waals surface area contributed by atoms with Crippen LogP contribution in [0, 0.1) is 5.82 Å². The lowest BCUT2D eigenvalue weighted by molar-refractivity contribution is 0.593. The van der Waals surface area contributed by atoms with E-state index >= 15 is 0 Å². The molecule has 0 heterocycles. The molecule has 0 aliphatic carbocycles. The van der Waals surface area contributed by atoms with Gasteiger partial charge in [0.25, 0.3) is 0 Å². The highest BCUT2D eigenvalue weighted by Gasteiger charge is 2.13. The molecule has 0 N–H and O–H groups in total. The smallest absolute Gasteiger partial charge is 0.178 e. The Balaban J connectivity index is 3.26. The van der Waals surface area contributed by atoms with Crippen molar-refractivity contribution in [3.63, 3.8) is 0 Å². The van der Waals surface area contributed by atoms with Gasteiger partial charge >= 0.3 is 0 Å². The van der Waals surface area contributed by atoms with E-state index in [0.717, 1.165) is 0 Å². The molecule has 0 aromatic heterocycles. The molecule has 0 aliphatic rings. The first-order chi connectivity index (χ1) is 6.51. The number of hydrogen-bond donors (Lipinski definition) is 0. The van der Waals surface area contributed by atoms with E-state index in [-0.39, 0.29) is 16.5 Å². The maximum Gasteiger partial charge on any atom is 0.178 e. The van der Waals surface area contributed by atoms with Gasteiger partial charge in [-0.15, -0.1) is 0 Å². The van der Waals surface area contributed by atoms with Crippen LogP contribution in [0.2, 0.25) is 0 Å². The summed E-state index contributed by atoms with van der Waals surface area (Å²) >= 11 is 0. The maximum absolute atomic E-state index is 13.1. The lowest BCUT2D eigenvalue weighted by atomic mass is 10.2. The number of benzene rings is 1. The molecule has 0 saturated carbocycles. The Labute approximate surface area is 83.7 Å². The summed E-state index contributed by atoms with van der Waals surface area (Å²) in [6.45, 7) is 3.37. The number of rotatable bonds is 3. The van der Waals surface area contributed by atoms with Crippen molar-refractivity contribution in [3.05, 3.63) is 29.6 Å². The van der Waals surface area contributed by atoms with Gasteiger partial charge in [0.05, 0.1) is 10.6 Å². The molecule has 14 heavy (non-hydrogen) atoms. The summed E-state index contributed by atoms with van der Waals surface area (Å²) in [5.74, 6) is -0.301. The monoisotopic (exact) mass is 216 g/mol. The fourth-order valence-corrected chi connectivity index (χ4v) is 2.11. The quantitative estimate of drug-likeness (QED) is 0.726. The molecule has 78 valence electrons. The Kier molecular flexibility index (Phi) is 3.26. The van der Waals surface area contributed by atoms with Crippen molar-refractivity contribution in [3.8, 4) is 0 Å². The van der Waals surface area contributed by atoms with Crippen molar-refractivity contribution in [2.45, 2.75) is 25.2 Å². The summed E-state index contributed by atoms with van der Waals surface area (Å²) < 4.78 is 36.0. The second-order valence-electron chi connectivity index (χ2n) is 3.01. The van der Waals surface area contributed by atoms with Gasteiger partial charge in [0.1, 0.15) is 5.82 Å². The van der Waals surface area contributed by atoms with Gasteiger partial charge in [-0.25, -0.2) is 12.8 Å². The number of aryl methyl sites for hydroxylation is 1. The van der Waals surface area contributed by atoms with Crippen LogP contribution in [0.15, 0.2) is 23.1 Å². The predicted octanol–water partition coefficient (Wildman–Crippen LogP) is 2.18. The molecular weight excluding hydrogens is 203 g/mol. The van der Waals surface area contributed by atoms with Crippen LogP contribution in [0.3, 0.4) is 0 Å². The van der Waals surface area contributed by atoms with Crippen LogP contribution in [0.4, 0.5) is 4.39 Å². The van der Waals surface area contributed by atoms with Gasteiger partial charge in [0.15, 0.2) is 9.84 Å². The highest BCUT2D eigenvalue weighted by atomic mass is 32.2. The number of hydrogen-bond acceptors (Lipinski definition) is 2. The standard InChI is InChI=1S/C10H13FO2S/c1-3-8-7-9(5-6-10(8)11)14(12,13)4-2/h5-7H,3-4H2,1-2H3. The van der Waals surface area contributed by atoms with Gasteiger partial charge in [-0.2, -0.15) is 0 Å². The Morgan fingerprint density at radius 1 is 1.29 bits per heavy atom. The third kappa shape index (κ3) is 2.12. The molecular formula is C10H13FO2S. The molecule has 4 heteroatoms. The van der Waals surface area contributed by atoms with E-state index in [0.29, 0.717) is 12.0 Å². The minimum atomic E-state index is -3.21. The zero-order chi connectivity index (χ0) is 10.8. The number of halogens is 1. The topological polar surface area (TPSA) is 34.1 Å². The molecule has 0 atom stereocenters. The molecule has 1 aromatic rings. The Morgan fingerprint density at radius 2 is 1.93 bits per heavy atom. The second-order valence-corrected chi connectivity index (χ2v) is 5.29. The minimum Gasteiger partial charge on any atom is -0.224 e. The molecule has 1 rings (SSSR count). The van der Waals surface area contributed by atoms with Crippen molar-refractivity contribution >= 4 is 9.84 Å². The van der Waals surface area contributed by atoms with Gasteiger partial charge in [-0.3, -0.25) is 0 Å². The fraction of sp³-hybridized carbons (Fsp3) is 0.400. The first-order valence-electron chi connectivity index (χ1n) is 4.52. The van der Waals surface area contributed by atoms with Gasteiger partial charge in [-0.05, 0) is 30.2 Å². The van der Waals surface area contributed by atoms with E-state index in [1.807, 2.05) is 0 Å². The van der Waals surface area contributed by atoms with E-state index in [9.17, 15) is 12.8 Å². The van der Waals surface area contributed by atoms with Crippen LogP contribution >= 0.6 is 0 Å². The van der Waals surface area contributed by atoms with E-state index in [4.69, 9.17) is 0 Å². The molecule has 0 radical (unpaired) electrons. The Bertz CT molecular complexity index is 424. The second kappa shape index (κ2) is 4.09. The average molecular weight is 216 g/mol. The highest BCUT2D eigenvalue weighted by Crippen LogP contribution is 2.16. The number of sulfone groups is 1. The van der Waals surface area contributed by atoms with Crippen molar-refractivity contribution < 1.29 is 12.8 Å². The summed E-state index contributed by atoms with van der Waals surface area (Å²) in [7, 11) is -3.21. The minimum absolute atomic E-state index is 0.0434. The lowest BCUT2D eigenvalue weighted by Crippen LogP contribution is -2.04. The van der Waals surface area contributed by atoms with Gasteiger partial charge in [0, 0.05) is 0 Å². The largest absolute Gasteiger partial charge is 0.224 e. The maximum atomic E-state index is 13.1. The van der Waals surface area contributed by atoms with Crippen molar-refractivity contribution in [1.82, 2.24) is 0 Å². The van der Waals surface area contributed by atoms with E-state index in [1.54, 1.807) is 13.8 Å². The van der Waals surface area contributed by atoms with Gasteiger partial charge in [0.2, 0.25) is 0 Å². The van der Waals surface area contributed by atoms with Crippen LogP contribution in [-0.2, 0) is 16.3 Å². The first kappa shape index (κ1) is 11.2. The molecule has 0 amide bonds. The average Bonchev–Trinajstić information content (AvgIpc) is 2.18. The predicted molar refractivity (Wildman–Crippen MR) is 53.5 cm³/mol. The zero-order valence-electron chi connectivity index (χ0n) is 8.25. The van der Waals surface area contributed by atoms with Crippen LogP contribution in [0.5, 0.6) is 0 Å². The summed E-state index contributed by atoms with van der Waals surface area (Å²) in [5.41, 5.74) is 0.444. The van der Waals surface area contributed by atoms with Gasteiger partial charge in [-0.1, -0.05) is 13.8 Å². The van der Waals surface area contributed by atoms with Crippen molar-refractivity contribution in [2.24, 2.45) is 0 Å². The van der Waals surface area contributed by atoms with Crippen LogP contribution in [0.1, 0.15) is 19.4 Å². The van der Waals surface area contributed by atoms with Crippen LogP contribution < -0.4 is 0 Å². The molecule has 0 fully saturated rings. The third-order valence-electron chi connectivity index (χ3n) is 2.14. The molecule has 0 bridgehead atoms. The Hall–Kier alpha value is -0.900. The molecule has 0 unspecified atom stereocenters. The fourth-order valence-electron chi connectivity index (χ4n) is 1.18.